The highest BCUT2D eigenvalue weighted by Crippen LogP contribution is 2.15. The normalized spacial score (nSPS) is 10.8. The third-order valence-electron chi connectivity index (χ3n) is 3.32. The van der Waals surface area contributed by atoms with Gasteiger partial charge in [-0.25, -0.2) is 9.37 Å². The van der Waals surface area contributed by atoms with Gasteiger partial charge in [-0.2, -0.15) is 0 Å². The zero-order chi connectivity index (χ0) is 14.8. The maximum absolute atomic E-state index is 12.9. The average molecular weight is 283 g/mol. The van der Waals surface area contributed by atoms with Gasteiger partial charge in [0.25, 0.3) is 5.56 Å². The van der Waals surface area contributed by atoms with E-state index in [9.17, 15) is 9.18 Å². The van der Waals surface area contributed by atoms with Gasteiger partial charge in [0, 0.05) is 12.7 Å². The number of nitrogens with zero attached hydrogens (tertiary/aromatic N) is 2. The van der Waals surface area contributed by atoms with E-state index in [1.54, 1.807) is 18.2 Å². The fourth-order valence-corrected chi connectivity index (χ4v) is 2.22. The van der Waals surface area contributed by atoms with Crippen LogP contribution in [0.25, 0.3) is 10.9 Å². The minimum absolute atomic E-state index is 0.150. The van der Waals surface area contributed by atoms with Crippen LogP contribution < -0.4 is 10.5 Å². The van der Waals surface area contributed by atoms with Crippen LogP contribution in [0.5, 0.6) is 0 Å². The Hall–Kier alpha value is -2.69. The fraction of sp³-hybridized carbons (Fsp3) is 0.125. The van der Waals surface area contributed by atoms with Crippen molar-refractivity contribution in [3.63, 3.8) is 0 Å². The van der Waals surface area contributed by atoms with E-state index in [0.29, 0.717) is 23.3 Å². The van der Waals surface area contributed by atoms with Crippen LogP contribution >= 0.6 is 0 Å². The number of aromatic amines is 1. The van der Waals surface area contributed by atoms with E-state index in [2.05, 4.69) is 9.97 Å². The average Bonchev–Trinajstić information content (AvgIpc) is 2.48. The minimum atomic E-state index is -0.274. The van der Waals surface area contributed by atoms with Crippen LogP contribution in [0.15, 0.2) is 53.3 Å². The Morgan fingerprint density at radius 2 is 1.86 bits per heavy atom. The zero-order valence-corrected chi connectivity index (χ0v) is 11.5. The first-order valence-corrected chi connectivity index (χ1v) is 6.58. The van der Waals surface area contributed by atoms with Gasteiger partial charge in [-0.05, 0) is 36.4 Å². The molecule has 0 fully saturated rings. The molecular formula is C16H14FN3O. The summed E-state index contributed by atoms with van der Waals surface area (Å²) in [5.74, 6) is 0.301. The van der Waals surface area contributed by atoms with Gasteiger partial charge in [-0.3, -0.25) is 4.79 Å². The van der Waals surface area contributed by atoms with Crippen molar-refractivity contribution in [2.45, 2.75) is 6.54 Å². The summed E-state index contributed by atoms with van der Waals surface area (Å²) in [6, 6.07) is 13.4. The van der Waals surface area contributed by atoms with Crippen LogP contribution in [-0.2, 0) is 6.54 Å². The molecule has 2 aromatic carbocycles. The third kappa shape index (κ3) is 2.76. The SMILES string of the molecule is CN(Cc1nc2ccccc2c(=O)[nH]1)c1ccc(F)cc1. The lowest BCUT2D eigenvalue weighted by molar-refractivity contribution is 0.627. The number of fused-ring (bicyclic) bond motifs is 1. The van der Waals surface area contributed by atoms with E-state index in [-0.39, 0.29) is 11.4 Å². The van der Waals surface area contributed by atoms with Crippen molar-refractivity contribution in [3.05, 3.63) is 70.5 Å². The Bertz CT molecular complexity index is 827. The second kappa shape index (κ2) is 5.36. The molecule has 0 atom stereocenters. The Labute approximate surface area is 120 Å². The second-order valence-corrected chi connectivity index (χ2v) is 4.86. The number of halogens is 1. The summed E-state index contributed by atoms with van der Waals surface area (Å²) >= 11 is 0. The zero-order valence-electron chi connectivity index (χ0n) is 11.5. The monoisotopic (exact) mass is 283 g/mol. The van der Waals surface area contributed by atoms with Crippen LogP contribution in [-0.4, -0.2) is 17.0 Å². The van der Waals surface area contributed by atoms with Gasteiger partial charge in [0.15, 0.2) is 0 Å². The van der Waals surface area contributed by atoms with Crippen molar-refractivity contribution in [1.29, 1.82) is 0 Å². The molecule has 0 saturated heterocycles. The van der Waals surface area contributed by atoms with Crippen molar-refractivity contribution >= 4 is 16.6 Å². The smallest absolute Gasteiger partial charge is 0.258 e. The van der Waals surface area contributed by atoms with Crippen LogP contribution in [0.4, 0.5) is 10.1 Å². The molecule has 0 saturated carbocycles. The van der Waals surface area contributed by atoms with Gasteiger partial charge >= 0.3 is 0 Å². The highest BCUT2D eigenvalue weighted by atomic mass is 19.1. The molecule has 1 aromatic heterocycles. The standard InChI is InChI=1S/C16H14FN3O/c1-20(12-8-6-11(17)7-9-12)10-15-18-14-5-3-2-4-13(14)16(21)19-15/h2-9H,10H2,1H3,(H,18,19,21). The highest BCUT2D eigenvalue weighted by molar-refractivity contribution is 5.77. The number of nitrogens with one attached hydrogen (secondary N) is 1. The molecule has 3 rings (SSSR count). The van der Waals surface area contributed by atoms with Gasteiger partial charge in [0.1, 0.15) is 11.6 Å². The molecular weight excluding hydrogens is 269 g/mol. The van der Waals surface area contributed by atoms with Gasteiger partial charge in [0.2, 0.25) is 0 Å². The number of H-pyrrole nitrogens is 1. The number of hydrogen-bond donors (Lipinski definition) is 1. The van der Waals surface area contributed by atoms with Crippen molar-refractivity contribution in [1.82, 2.24) is 9.97 Å². The maximum Gasteiger partial charge on any atom is 0.258 e. The molecule has 4 nitrogen and oxygen atoms in total. The largest absolute Gasteiger partial charge is 0.367 e. The molecule has 0 aliphatic heterocycles. The Balaban J connectivity index is 1.91. The summed E-state index contributed by atoms with van der Waals surface area (Å²) in [5.41, 5.74) is 1.37. The molecule has 1 N–H and O–H groups in total. The lowest BCUT2D eigenvalue weighted by Gasteiger charge is -2.18. The maximum atomic E-state index is 12.9. The molecule has 0 amide bonds. The molecule has 0 spiro atoms. The van der Waals surface area contributed by atoms with Crippen LogP contribution in [0.1, 0.15) is 5.82 Å². The summed E-state index contributed by atoms with van der Waals surface area (Å²) in [6.07, 6.45) is 0. The molecule has 5 heteroatoms. The number of hydrogen-bond acceptors (Lipinski definition) is 3. The van der Waals surface area contributed by atoms with E-state index in [0.717, 1.165) is 5.69 Å². The third-order valence-corrected chi connectivity index (χ3v) is 3.32. The van der Waals surface area contributed by atoms with Gasteiger partial charge in [-0.15, -0.1) is 0 Å². The first-order chi connectivity index (χ1) is 10.1. The van der Waals surface area contributed by atoms with E-state index in [4.69, 9.17) is 0 Å². The Morgan fingerprint density at radius 3 is 2.62 bits per heavy atom. The van der Waals surface area contributed by atoms with Crippen molar-refractivity contribution in [3.8, 4) is 0 Å². The number of anilines is 1. The van der Waals surface area contributed by atoms with Crippen LogP contribution in [0.2, 0.25) is 0 Å². The Kier molecular flexibility index (Phi) is 3.39. The van der Waals surface area contributed by atoms with Crippen molar-refractivity contribution in [2.75, 3.05) is 11.9 Å². The van der Waals surface area contributed by atoms with E-state index in [1.807, 2.05) is 30.1 Å². The number of aromatic nitrogens is 2. The number of benzene rings is 2. The van der Waals surface area contributed by atoms with E-state index >= 15 is 0 Å². The van der Waals surface area contributed by atoms with E-state index in [1.165, 1.54) is 12.1 Å². The molecule has 0 aliphatic rings. The fourth-order valence-electron chi connectivity index (χ4n) is 2.22. The van der Waals surface area contributed by atoms with Crippen LogP contribution in [0.3, 0.4) is 0 Å². The minimum Gasteiger partial charge on any atom is -0.367 e. The molecule has 0 radical (unpaired) electrons. The molecule has 0 aliphatic carbocycles. The van der Waals surface area contributed by atoms with Gasteiger partial charge < -0.3 is 9.88 Å². The topological polar surface area (TPSA) is 49.0 Å². The van der Waals surface area contributed by atoms with Crippen LogP contribution in [0, 0.1) is 5.82 Å². The lowest BCUT2D eigenvalue weighted by Crippen LogP contribution is -2.21. The number of rotatable bonds is 3. The van der Waals surface area contributed by atoms with Gasteiger partial charge in [-0.1, -0.05) is 12.1 Å². The molecule has 0 unspecified atom stereocenters. The molecule has 3 aromatic rings. The Morgan fingerprint density at radius 1 is 1.14 bits per heavy atom. The van der Waals surface area contributed by atoms with Crippen molar-refractivity contribution < 1.29 is 4.39 Å². The number of para-hydroxylation sites is 1. The summed E-state index contributed by atoms with van der Waals surface area (Å²) in [6.45, 7) is 0.436. The van der Waals surface area contributed by atoms with Crippen molar-refractivity contribution in [2.24, 2.45) is 0 Å². The molecule has 21 heavy (non-hydrogen) atoms. The first-order valence-electron chi connectivity index (χ1n) is 6.58. The summed E-state index contributed by atoms with van der Waals surface area (Å²) in [5, 5.41) is 0.575. The molecule has 1 heterocycles. The summed E-state index contributed by atoms with van der Waals surface area (Å²) in [7, 11) is 1.86. The molecule has 106 valence electrons. The summed E-state index contributed by atoms with van der Waals surface area (Å²) < 4.78 is 12.9. The summed E-state index contributed by atoms with van der Waals surface area (Å²) in [4.78, 5) is 21.1. The van der Waals surface area contributed by atoms with E-state index < -0.39 is 0 Å². The van der Waals surface area contributed by atoms with Gasteiger partial charge in [0.05, 0.1) is 17.4 Å². The predicted molar refractivity (Wildman–Crippen MR) is 80.9 cm³/mol. The second-order valence-electron chi connectivity index (χ2n) is 4.86. The first kappa shape index (κ1) is 13.3. The molecule has 0 bridgehead atoms. The quantitative estimate of drug-likeness (QED) is 0.804. The highest BCUT2D eigenvalue weighted by Gasteiger charge is 2.07. The predicted octanol–water partition coefficient (Wildman–Crippen LogP) is 2.70. The lowest BCUT2D eigenvalue weighted by atomic mass is 10.2.